The molecule has 0 aliphatic rings. The molecule has 0 spiro atoms. The van der Waals surface area contributed by atoms with Gasteiger partial charge < -0.3 is 4.42 Å². The summed E-state index contributed by atoms with van der Waals surface area (Å²) in [4.78, 5) is 24.7. The predicted octanol–water partition coefficient (Wildman–Crippen LogP) is 1.85. The van der Waals surface area contributed by atoms with Gasteiger partial charge in [-0.05, 0) is 34.7 Å². The van der Waals surface area contributed by atoms with Crippen LogP contribution in [0.3, 0.4) is 0 Å². The van der Waals surface area contributed by atoms with E-state index in [0.29, 0.717) is 10.9 Å². The van der Waals surface area contributed by atoms with Gasteiger partial charge in [0.1, 0.15) is 0 Å². The largest absolute Gasteiger partial charge is 0.419 e. The van der Waals surface area contributed by atoms with Crippen molar-refractivity contribution < 1.29 is 4.42 Å². The van der Waals surface area contributed by atoms with Crippen molar-refractivity contribution >= 4 is 49.4 Å². The van der Waals surface area contributed by atoms with Crippen molar-refractivity contribution in [1.29, 1.82) is 0 Å². The van der Waals surface area contributed by atoms with E-state index in [1.165, 1.54) is 0 Å². The van der Waals surface area contributed by atoms with Crippen molar-refractivity contribution in [2.45, 2.75) is 0 Å². The minimum absolute atomic E-state index is 0.364. The molecule has 0 aliphatic heterocycles. The van der Waals surface area contributed by atoms with Gasteiger partial charge in [-0.25, -0.2) is 9.59 Å². The normalized spacial score (nSPS) is 10.7. The van der Waals surface area contributed by atoms with Gasteiger partial charge in [0.2, 0.25) is 0 Å². The van der Waals surface area contributed by atoms with Crippen LogP contribution in [0.2, 0.25) is 0 Å². The van der Waals surface area contributed by atoms with E-state index in [-0.39, 0.29) is 0 Å². The first kappa shape index (κ1) is 9.91. The van der Waals surface area contributed by atoms with Crippen LogP contribution in [-0.2, 0) is 0 Å². The fraction of sp³-hybridized carbons (Fsp3) is 0. The molecule has 2 rings (SSSR count). The molecule has 0 amide bonds. The first-order valence-electron chi connectivity index (χ1n) is 3.60. The van der Waals surface area contributed by atoms with E-state index in [1.54, 1.807) is 12.1 Å². The lowest BCUT2D eigenvalue weighted by molar-refractivity contribution is 0.460. The molecule has 1 heterocycles. The summed E-state index contributed by atoms with van der Waals surface area (Å²) >= 11 is 5.29. The molecule has 0 saturated heterocycles. The first-order chi connectivity index (χ1) is 6.58. The fourth-order valence-electron chi connectivity index (χ4n) is 1.13. The summed E-state index contributed by atoms with van der Waals surface area (Å²) in [7, 11) is 0. The molecule has 6 heteroatoms. The summed E-state index contributed by atoms with van der Waals surface area (Å²) in [6.07, 6.45) is 0. The highest BCUT2D eigenvalue weighted by Gasteiger charge is 2.06. The van der Waals surface area contributed by atoms with Crippen molar-refractivity contribution in [2.24, 2.45) is 0 Å². The minimum atomic E-state index is -0.734. The summed E-state index contributed by atoms with van der Waals surface area (Å²) in [5.74, 6) is -0.734. The Hall–Kier alpha value is -0.630. The van der Waals surface area contributed by atoms with E-state index in [1.807, 2.05) is 22.6 Å². The number of H-pyrrole nitrogens is 1. The van der Waals surface area contributed by atoms with Crippen molar-refractivity contribution in [1.82, 2.24) is 4.98 Å². The number of aromatic amines is 1. The van der Waals surface area contributed by atoms with Crippen LogP contribution in [0, 0.1) is 3.57 Å². The molecule has 4 nitrogen and oxygen atoms in total. The molecule has 0 unspecified atom stereocenters. The van der Waals surface area contributed by atoms with E-state index in [0.717, 1.165) is 8.04 Å². The summed E-state index contributed by atoms with van der Waals surface area (Å²) in [5.41, 5.74) is -0.113. The SMILES string of the molecule is O=c1[nH]c2c(I)cc(Br)cc2c(=O)o1. The zero-order valence-electron chi connectivity index (χ0n) is 6.64. The van der Waals surface area contributed by atoms with Gasteiger partial charge in [-0.3, -0.25) is 4.98 Å². The molecule has 0 bridgehead atoms. The average Bonchev–Trinajstić information content (AvgIpc) is 2.07. The zero-order valence-corrected chi connectivity index (χ0v) is 10.4. The molecule has 0 atom stereocenters. The van der Waals surface area contributed by atoms with Gasteiger partial charge in [0.15, 0.2) is 0 Å². The molecular formula is C8H3BrINO3. The smallest absolute Gasteiger partial charge is 0.372 e. The Morgan fingerprint density at radius 3 is 2.79 bits per heavy atom. The van der Waals surface area contributed by atoms with Crippen LogP contribution in [0.25, 0.3) is 10.9 Å². The quantitative estimate of drug-likeness (QED) is 0.723. The first-order valence-corrected chi connectivity index (χ1v) is 5.47. The van der Waals surface area contributed by atoms with Crippen LogP contribution in [0.5, 0.6) is 0 Å². The predicted molar refractivity (Wildman–Crippen MR) is 63.5 cm³/mol. The molecule has 1 aromatic carbocycles. The van der Waals surface area contributed by atoms with Crippen molar-refractivity contribution in [3.8, 4) is 0 Å². The van der Waals surface area contributed by atoms with Crippen molar-refractivity contribution in [3.05, 3.63) is 41.1 Å². The Kier molecular flexibility index (Phi) is 2.48. The van der Waals surface area contributed by atoms with Gasteiger partial charge >= 0.3 is 11.4 Å². The molecule has 0 aliphatic carbocycles. The van der Waals surface area contributed by atoms with Gasteiger partial charge in [-0.15, -0.1) is 0 Å². The maximum absolute atomic E-state index is 11.3. The van der Waals surface area contributed by atoms with E-state index < -0.39 is 11.4 Å². The van der Waals surface area contributed by atoms with E-state index in [4.69, 9.17) is 0 Å². The van der Waals surface area contributed by atoms with Crippen molar-refractivity contribution in [2.75, 3.05) is 0 Å². The van der Waals surface area contributed by atoms with Gasteiger partial charge in [0, 0.05) is 8.04 Å². The monoisotopic (exact) mass is 367 g/mol. The third kappa shape index (κ3) is 1.63. The fourth-order valence-corrected chi connectivity index (χ4v) is 2.78. The molecule has 1 N–H and O–H groups in total. The Morgan fingerprint density at radius 1 is 1.36 bits per heavy atom. The standard InChI is InChI=1S/C8H3BrINO3/c9-3-1-4-6(5(10)2-3)11-8(13)14-7(4)12/h1-2H,(H,11,13). The molecule has 72 valence electrons. The number of hydrogen-bond acceptors (Lipinski definition) is 3. The summed E-state index contributed by atoms with van der Waals surface area (Å²) in [5, 5.41) is 0.364. The Morgan fingerprint density at radius 2 is 2.07 bits per heavy atom. The maximum Gasteiger partial charge on any atom is 0.419 e. The molecule has 0 saturated carbocycles. The lowest BCUT2D eigenvalue weighted by Gasteiger charge is -1.98. The lowest BCUT2D eigenvalue weighted by Crippen LogP contribution is -2.15. The van der Waals surface area contributed by atoms with Crippen LogP contribution >= 0.6 is 38.5 Å². The maximum atomic E-state index is 11.3. The Labute approximate surface area is 99.6 Å². The summed E-state index contributed by atoms with van der Waals surface area (Å²) in [6.45, 7) is 0. The summed E-state index contributed by atoms with van der Waals surface area (Å²) < 4.78 is 5.97. The van der Waals surface area contributed by atoms with Gasteiger partial charge in [0.05, 0.1) is 10.9 Å². The van der Waals surface area contributed by atoms with Crippen LogP contribution < -0.4 is 11.4 Å². The highest BCUT2D eigenvalue weighted by Crippen LogP contribution is 2.20. The number of rotatable bonds is 0. The van der Waals surface area contributed by atoms with E-state index >= 15 is 0 Å². The number of fused-ring (bicyclic) bond motifs is 1. The number of nitrogens with one attached hydrogen (secondary N) is 1. The average molecular weight is 368 g/mol. The van der Waals surface area contributed by atoms with Crippen LogP contribution in [0.15, 0.2) is 30.6 Å². The number of aromatic nitrogens is 1. The van der Waals surface area contributed by atoms with Gasteiger partial charge in [0.25, 0.3) is 0 Å². The highest BCUT2D eigenvalue weighted by atomic mass is 127. The topological polar surface area (TPSA) is 63.1 Å². The molecular weight excluding hydrogens is 365 g/mol. The lowest BCUT2D eigenvalue weighted by atomic mass is 10.2. The van der Waals surface area contributed by atoms with Crippen LogP contribution in [0.4, 0.5) is 0 Å². The number of halogens is 2. The molecule has 14 heavy (non-hydrogen) atoms. The number of benzene rings is 1. The Bertz CT molecular complexity index is 616. The van der Waals surface area contributed by atoms with Crippen molar-refractivity contribution in [3.63, 3.8) is 0 Å². The third-order valence-corrected chi connectivity index (χ3v) is 3.00. The Balaban J connectivity index is 3.10. The van der Waals surface area contributed by atoms with Gasteiger partial charge in [-0.1, -0.05) is 15.9 Å². The second-order valence-corrected chi connectivity index (χ2v) is 4.69. The van der Waals surface area contributed by atoms with E-state index in [2.05, 4.69) is 25.3 Å². The number of hydrogen-bond donors (Lipinski definition) is 1. The minimum Gasteiger partial charge on any atom is -0.372 e. The second kappa shape index (κ2) is 3.50. The highest BCUT2D eigenvalue weighted by molar-refractivity contribution is 14.1. The summed E-state index contributed by atoms with van der Waals surface area (Å²) in [6, 6.07) is 3.41. The van der Waals surface area contributed by atoms with Gasteiger partial charge in [-0.2, -0.15) is 0 Å². The molecule has 2 aromatic rings. The van der Waals surface area contributed by atoms with Crippen LogP contribution in [-0.4, -0.2) is 4.98 Å². The molecule has 0 radical (unpaired) electrons. The zero-order chi connectivity index (χ0) is 10.3. The van der Waals surface area contributed by atoms with Crippen LogP contribution in [0.1, 0.15) is 0 Å². The molecule has 0 fully saturated rings. The van der Waals surface area contributed by atoms with E-state index in [9.17, 15) is 9.59 Å². The third-order valence-electron chi connectivity index (χ3n) is 1.69. The molecule has 1 aromatic heterocycles. The second-order valence-electron chi connectivity index (χ2n) is 2.61.